The summed E-state index contributed by atoms with van der Waals surface area (Å²) in [5, 5.41) is 0. The van der Waals surface area contributed by atoms with Crippen molar-refractivity contribution < 1.29 is 0 Å². The van der Waals surface area contributed by atoms with Crippen molar-refractivity contribution in [1.29, 1.82) is 0 Å². The third kappa shape index (κ3) is 4.12. The molecule has 1 aromatic rings. The predicted molar refractivity (Wildman–Crippen MR) is 59.4 cm³/mol. The van der Waals surface area contributed by atoms with Gasteiger partial charge in [-0.05, 0) is 12.5 Å². The lowest BCUT2D eigenvalue weighted by molar-refractivity contribution is 1.56. The molecule has 0 unspecified atom stereocenters. The summed E-state index contributed by atoms with van der Waals surface area (Å²) < 4.78 is 0. The second-order valence-electron chi connectivity index (χ2n) is 2.98. The molecule has 0 N–H and O–H groups in total. The second kappa shape index (κ2) is 5.15. The zero-order valence-corrected chi connectivity index (χ0v) is 7.90. The van der Waals surface area contributed by atoms with Crippen LogP contribution < -0.4 is 0 Å². The molecule has 66 valence electrons. The first-order valence-corrected chi connectivity index (χ1v) is 4.34. The summed E-state index contributed by atoms with van der Waals surface area (Å²) in [6.45, 7) is 5.76. The van der Waals surface area contributed by atoms with E-state index in [1.165, 1.54) is 5.56 Å². The van der Waals surface area contributed by atoms with Crippen molar-refractivity contribution in [3.05, 3.63) is 66.3 Å². The van der Waals surface area contributed by atoms with Gasteiger partial charge in [0.1, 0.15) is 0 Å². The van der Waals surface area contributed by atoms with Crippen LogP contribution in [0.2, 0.25) is 0 Å². The highest BCUT2D eigenvalue weighted by atomic mass is 13.9. The van der Waals surface area contributed by atoms with Crippen molar-refractivity contribution in [2.24, 2.45) is 0 Å². The second-order valence-corrected chi connectivity index (χ2v) is 2.98. The lowest BCUT2D eigenvalue weighted by atomic mass is 10.2. The van der Waals surface area contributed by atoms with E-state index in [1.54, 1.807) is 0 Å². The SMILES string of the molecule is C=C(C)/C=C/C=C/c1ccccc1. The van der Waals surface area contributed by atoms with Crippen LogP contribution in [0.5, 0.6) is 0 Å². The summed E-state index contributed by atoms with van der Waals surface area (Å²) in [7, 11) is 0. The van der Waals surface area contributed by atoms with Gasteiger partial charge in [-0.15, -0.1) is 0 Å². The van der Waals surface area contributed by atoms with Gasteiger partial charge in [-0.2, -0.15) is 0 Å². The summed E-state index contributed by atoms with van der Waals surface area (Å²) >= 11 is 0. The molecule has 0 bridgehead atoms. The Hall–Kier alpha value is -1.56. The van der Waals surface area contributed by atoms with Gasteiger partial charge in [0.05, 0.1) is 0 Å². The fourth-order valence-electron chi connectivity index (χ4n) is 0.951. The average molecular weight is 170 g/mol. The van der Waals surface area contributed by atoms with Crippen LogP contribution in [-0.4, -0.2) is 0 Å². The molecule has 0 heterocycles. The van der Waals surface area contributed by atoms with Crippen LogP contribution in [0.3, 0.4) is 0 Å². The quantitative estimate of drug-likeness (QED) is 0.605. The fraction of sp³-hybridized carbons (Fsp3) is 0.0769. The van der Waals surface area contributed by atoms with E-state index < -0.39 is 0 Å². The molecule has 1 aromatic carbocycles. The van der Waals surface area contributed by atoms with Crippen LogP contribution in [0.15, 0.2) is 60.7 Å². The van der Waals surface area contributed by atoms with E-state index in [9.17, 15) is 0 Å². The van der Waals surface area contributed by atoms with E-state index in [0.717, 1.165) is 5.57 Å². The Morgan fingerprint density at radius 2 is 1.85 bits per heavy atom. The van der Waals surface area contributed by atoms with Crippen molar-refractivity contribution in [2.75, 3.05) is 0 Å². The molecule has 13 heavy (non-hydrogen) atoms. The van der Waals surface area contributed by atoms with Gasteiger partial charge in [0.15, 0.2) is 0 Å². The predicted octanol–water partition coefficient (Wildman–Crippen LogP) is 3.83. The standard InChI is InChI=1S/C13H14/c1-12(2)8-6-7-11-13-9-4-3-5-10-13/h3-11H,1H2,2H3/b8-6+,11-7+. The third-order valence-electron chi connectivity index (χ3n) is 1.58. The first kappa shape index (κ1) is 9.53. The summed E-state index contributed by atoms with van der Waals surface area (Å²) in [6.07, 6.45) is 8.07. The Labute approximate surface area is 79.9 Å². The van der Waals surface area contributed by atoms with Crippen LogP contribution in [0.1, 0.15) is 12.5 Å². The highest BCUT2D eigenvalue weighted by molar-refractivity contribution is 5.50. The van der Waals surface area contributed by atoms with E-state index >= 15 is 0 Å². The average Bonchev–Trinajstić information content (AvgIpc) is 2.14. The monoisotopic (exact) mass is 170 g/mol. The van der Waals surface area contributed by atoms with E-state index in [1.807, 2.05) is 43.4 Å². The summed E-state index contributed by atoms with van der Waals surface area (Å²) in [4.78, 5) is 0. The first-order valence-electron chi connectivity index (χ1n) is 4.34. The van der Waals surface area contributed by atoms with Gasteiger partial charge >= 0.3 is 0 Å². The minimum absolute atomic E-state index is 1.07. The highest BCUT2D eigenvalue weighted by Crippen LogP contribution is 2.01. The zero-order chi connectivity index (χ0) is 9.52. The Balaban J connectivity index is 2.55. The van der Waals surface area contributed by atoms with Gasteiger partial charge in [-0.1, -0.05) is 66.8 Å². The molecule has 0 aliphatic heterocycles. The molecular weight excluding hydrogens is 156 g/mol. The molecule has 0 amide bonds. The minimum atomic E-state index is 1.07. The Morgan fingerprint density at radius 1 is 1.15 bits per heavy atom. The summed E-state index contributed by atoms with van der Waals surface area (Å²) in [5.41, 5.74) is 2.28. The van der Waals surface area contributed by atoms with E-state index in [2.05, 4.69) is 24.8 Å². The number of benzene rings is 1. The molecule has 0 radical (unpaired) electrons. The van der Waals surface area contributed by atoms with Crippen molar-refractivity contribution in [3.8, 4) is 0 Å². The van der Waals surface area contributed by atoms with Gasteiger partial charge in [0, 0.05) is 0 Å². The maximum atomic E-state index is 3.78. The number of allylic oxidation sites excluding steroid dienone is 4. The molecule has 0 atom stereocenters. The van der Waals surface area contributed by atoms with Crippen molar-refractivity contribution >= 4 is 6.08 Å². The maximum absolute atomic E-state index is 3.78. The number of hydrogen-bond acceptors (Lipinski definition) is 0. The first-order chi connectivity index (χ1) is 6.29. The normalized spacial score (nSPS) is 11.2. The Bertz CT molecular complexity index is 315. The largest absolute Gasteiger partial charge is 0.0961 e. The lowest BCUT2D eigenvalue weighted by Gasteiger charge is -1.88. The number of rotatable bonds is 3. The van der Waals surface area contributed by atoms with Crippen LogP contribution in [-0.2, 0) is 0 Å². The van der Waals surface area contributed by atoms with Crippen LogP contribution in [0.4, 0.5) is 0 Å². The van der Waals surface area contributed by atoms with E-state index in [4.69, 9.17) is 0 Å². The molecule has 0 aromatic heterocycles. The molecule has 0 aliphatic carbocycles. The molecule has 0 spiro atoms. The molecule has 0 aliphatic rings. The number of hydrogen-bond donors (Lipinski definition) is 0. The van der Waals surface area contributed by atoms with Crippen LogP contribution in [0.25, 0.3) is 6.08 Å². The smallest absolute Gasteiger partial charge is 0.0257 e. The van der Waals surface area contributed by atoms with Crippen LogP contribution >= 0.6 is 0 Å². The molecule has 0 saturated heterocycles. The Morgan fingerprint density at radius 3 is 2.46 bits per heavy atom. The minimum Gasteiger partial charge on any atom is -0.0961 e. The summed E-state index contributed by atoms with van der Waals surface area (Å²) in [5.74, 6) is 0. The van der Waals surface area contributed by atoms with Crippen molar-refractivity contribution in [2.45, 2.75) is 6.92 Å². The molecule has 0 saturated carbocycles. The van der Waals surface area contributed by atoms with Gasteiger partial charge in [-0.25, -0.2) is 0 Å². The fourth-order valence-corrected chi connectivity index (χ4v) is 0.951. The van der Waals surface area contributed by atoms with E-state index in [0.29, 0.717) is 0 Å². The van der Waals surface area contributed by atoms with Gasteiger partial charge in [0.25, 0.3) is 0 Å². The molecule has 0 fully saturated rings. The molecular formula is C13H14. The molecule has 0 nitrogen and oxygen atoms in total. The van der Waals surface area contributed by atoms with Gasteiger partial charge < -0.3 is 0 Å². The van der Waals surface area contributed by atoms with Gasteiger partial charge in [0.2, 0.25) is 0 Å². The van der Waals surface area contributed by atoms with Gasteiger partial charge in [-0.3, -0.25) is 0 Å². The molecule has 1 rings (SSSR count). The zero-order valence-electron chi connectivity index (χ0n) is 7.90. The molecule has 0 heteroatoms. The van der Waals surface area contributed by atoms with Crippen molar-refractivity contribution in [1.82, 2.24) is 0 Å². The summed E-state index contributed by atoms with van der Waals surface area (Å²) in [6, 6.07) is 10.2. The third-order valence-corrected chi connectivity index (χ3v) is 1.58. The van der Waals surface area contributed by atoms with E-state index in [-0.39, 0.29) is 0 Å². The highest BCUT2D eigenvalue weighted by Gasteiger charge is 1.79. The van der Waals surface area contributed by atoms with Crippen molar-refractivity contribution in [3.63, 3.8) is 0 Å². The van der Waals surface area contributed by atoms with Crippen LogP contribution in [0, 0.1) is 0 Å². The lowest BCUT2D eigenvalue weighted by Crippen LogP contribution is -1.66. The topological polar surface area (TPSA) is 0 Å². The Kier molecular flexibility index (Phi) is 3.77. The maximum Gasteiger partial charge on any atom is -0.0257 e.